The Morgan fingerprint density at radius 2 is 2.06 bits per heavy atom. The normalized spacial score (nSPS) is 17.1. The van der Waals surface area contributed by atoms with Crippen LogP contribution in [0.15, 0.2) is 29.2 Å². The average molecular weight is 461 g/mol. The second kappa shape index (κ2) is 7.65. The number of benzene rings is 1. The molecule has 0 spiro atoms. The van der Waals surface area contributed by atoms with Gasteiger partial charge in [0, 0.05) is 46.1 Å². The van der Waals surface area contributed by atoms with Crippen LogP contribution in [0.4, 0.5) is 0 Å². The molecule has 0 unspecified atom stereocenters. The minimum atomic E-state index is -1.19. The largest absolute Gasteiger partial charge is 0.494 e. The number of nitrogens with one attached hydrogen (secondary N) is 1. The molecule has 0 radical (unpaired) electrons. The first-order chi connectivity index (χ1) is 14.3. The monoisotopic (exact) mass is 460 g/mol. The minimum absolute atomic E-state index is 0. The van der Waals surface area contributed by atoms with Crippen LogP contribution < -0.4 is 15.5 Å². The van der Waals surface area contributed by atoms with Gasteiger partial charge in [-0.1, -0.05) is 13.8 Å². The molecule has 1 aliphatic heterocycles. The van der Waals surface area contributed by atoms with Crippen LogP contribution in [-0.2, 0) is 12.0 Å². The molecular weight excluding hydrogens is 436 g/mol. The standard InChI is InChI=1S/C23H24N2O4S.ClH/c1-23(2)11-24-9-18-16(23)8-17(30-18)13-6-7-14-19(21(13)29-3)25(12-4-5-12)10-15(20(14)26)22(27)28;/h6-8,10,12,24H,4-5,9,11H2,1-3H3,(H,27,28);1H. The van der Waals surface area contributed by atoms with Crippen molar-refractivity contribution in [2.45, 2.75) is 44.7 Å². The van der Waals surface area contributed by atoms with E-state index in [0.29, 0.717) is 16.7 Å². The van der Waals surface area contributed by atoms with Crippen molar-refractivity contribution < 1.29 is 14.6 Å². The highest BCUT2D eigenvalue weighted by Gasteiger charge is 2.32. The number of carboxylic acids is 1. The Hall–Kier alpha value is -2.35. The van der Waals surface area contributed by atoms with Crippen LogP contribution in [0.2, 0.25) is 0 Å². The van der Waals surface area contributed by atoms with E-state index in [9.17, 15) is 14.7 Å². The molecule has 5 rings (SSSR count). The molecule has 0 saturated heterocycles. The highest BCUT2D eigenvalue weighted by molar-refractivity contribution is 7.15. The van der Waals surface area contributed by atoms with Gasteiger partial charge in [-0.15, -0.1) is 23.7 Å². The van der Waals surface area contributed by atoms with E-state index in [1.807, 2.05) is 10.6 Å². The lowest BCUT2D eigenvalue weighted by Gasteiger charge is -2.30. The van der Waals surface area contributed by atoms with E-state index in [-0.39, 0.29) is 29.4 Å². The zero-order valence-corrected chi connectivity index (χ0v) is 19.3. The lowest BCUT2D eigenvalue weighted by atomic mass is 9.82. The van der Waals surface area contributed by atoms with Crippen molar-refractivity contribution in [3.63, 3.8) is 0 Å². The van der Waals surface area contributed by atoms with Crippen LogP contribution in [0.3, 0.4) is 0 Å². The molecular formula is C23H25ClN2O4S. The fourth-order valence-corrected chi connectivity index (χ4v) is 5.79. The molecule has 0 atom stereocenters. The van der Waals surface area contributed by atoms with Gasteiger partial charge in [-0.2, -0.15) is 0 Å². The Kier molecular flexibility index (Phi) is 5.40. The predicted molar refractivity (Wildman–Crippen MR) is 125 cm³/mol. The summed E-state index contributed by atoms with van der Waals surface area (Å²) in [5, 5.41) is 13.4. The van der Waals surface area contributed by atoms with E-state index in [1.165, 1.54) is 16.6 Å². The predicted octanol–water partition coefficient (Wildman–Crippen LogP) is 4.57. The number of carboxylic acid groups (broad SMARTS) is 1. The van der Waals surface area contributed by atoms with Gasteiger partial charge in [-0.05, 0) is 36.6 Å². The number of ether oxygens (including phenoxy) is 1. The van der Waals surface area contributed by atoms with Crippen molar-refractivity contribution >= 4 is 40.6 Å². The van der Waals surface area contributed by atoms with Crippen LogP contribution in [0.1, 0.15) is 53.5 Å². The summed E-state index contributed by atoms with van der Waals surface area (Å²) >= 11 is 1.75. The molecule has 31 heavy (non-hydrogen) atoms. The van der Waals surface area contributed by atoms with Gasteiger partial charge in [-0.3, -0.25) is 4.79 Å². The second-order valence-corrected chi connectivity index (χ2v) is 9.93. The molecule has 2 aliphatic rings. The van der Waals surface area contributed by atoms with Gasteiger partial charge in [0.05, 0.1) is 18.0 Å². The number of nitrogens with zero attached hydrogens (tertiary/aromatic N) is 1. The topological polar surface area (TPSA) is 80.6 Å². The summed E-state index contributed by atoms with van der Waals surface area (Å²) in [6, 6.07) is 6.09. The molecule has 3 aromatic rings. The number of carbonyl (C=O) groups is 1. The van der Waals surface area contributed by atoms with Crippen LogP contribution >= 0.6 is 23.7 Å². The van der Waals surface area contributed by atoms with Crippen molar-refractivity contribution in [3.05, 3.63) is 50.6 Å². The zero-order valence-electron chi connectivity index (χ0n) is 17.7. The van der Waals surface area contributed by atoms with E-state index in [1.54, 1.807) is 24.5 Å². The molecule has 2 aromatic heterocycles. The first-order valence-corrected chi connectivity index (χ1v) is 11.0. The first-order valence-electron chi connectivity index (χ1n) is 10.1. The Bertz CT molecular complexity index is 1260. The second-order valence-electron chi connectivity index (χ2n) is 8.79. The summed E-state index contributed by atoms with van der Waals surface area (Å²) in [5.41, 5.74) is 2.38. The smallest absolute Gasteiger partial charge is 0.341 e. The molecule has 0 bridgehead atoms. The first kappa shape index (κ1) is 21.9. The molecule has 3 heterocycles. The van der Waals surface area contributed by atoms with Gasteiger partial charge in [0.1, 0.15) is 5.56 Å². The number of rotatable bonds is 4. The van der Waals surface area contributed by atoms with Gasteiger partial charge in [-0.25, -0.2) is 4.79 Å². The Morgan fingerprint density at radius 3 is 2.68 bits per heavy atom. The number of hydrogen-bond acceptors (Lipinski definition) is 5. The van der Waals surface area contributed by atoms with Crippen LogP contribution in [-0.4, -0.2) is 29.3 Å². The third-order valence-corrected chi connectivity index (χ3v) is 7.35. The molecule has 6 nitrogen and oxygen atoms in total. The van der Waals surface area contributed by atoms with Crippen molar-refractivity contribution in [2.24, 2.45) is 0 Å². The molecule has 2 N–H and O–H groups in total. The fourth-order valence-electron chi connectivity index (χ4n) is 4.46. The summed E-state index contributed by atoms with van der Waals surface area (Å²) in [7, 11) is 1.62. The van der Waals surface area contributed by atoms with Gasteiger partial charge < -0.3 is 19.7 Å². The maximum absolute atomic E-state index is 12.9. The van der Waals surface area contributed by atoms with Gasteiger partial charge >= 0.3 is 5.97 Å². The molecule has 1 aromatic carbocycles. The van der Waals surface area contributed by atoms with E-state index >= 15 is 0 Å². The van der Waals surface area contributed by atoms with Crippen molar-refractivity contribution in [1.82, 2.24) is 9.88 Å². The number of aromatic carboxylic acids is 1. The van der Waals surface area contributed by atoms with Gasteiger partial charge in [0.15, 0.2) is 5.75 Å². The summed E-state index contributed by atoms with van der Waals surface area (Å²) in [6.07, 6.45) is 3.43. The minimum Gasteiger partial charge on any atom is -0.494 e. The summed E-state index contributed by atoms with van der Waals surface area (Å²) < 4.78 is 7.79. The number of thiophene rings is 1. The number of fused-ring (bicyclic) bond motifs is 2. The Balaban J connectivity index is 0.00000231. The Labute approximate surface area is 190 Å². The van der Waals surface area contributed by atoms with Crippen molar-refractivity contribution in [3.8, 4) is 16.2 Å². The fraction of sp³-hybridized carbons (Fsp3) is 0.391. The summed E-state index contributed by atoms with van der Waals surface area (Å²) in [5.74, 6) is -0.558. The molecule has 1 fully saturated rings. The van der Waals surface area contributed by atoms with E-state index in [0.717, 1.165) is 36.4 Å². The number of methoxy groups -OCH3 is 1. The number of aromatic nitrogens is 1. The van der Waals surface area contributed by atoms with Crippen molar-refractivity contribution in [1.29, 1.82) is 0 Å². The van der Waals surface area contributed by atoms with Crippen LogP contribution in [0.5, 0.6) is 5.75 Å². The third kappa shape index (κ3) is 3.45. The SMILES string of the molecule is COc1c(-c2cc3c(s2)CNCC3(C)C)ccc2c(=O)c(C(=O)O)cn(C3CC3)c12.Cl. The average Bonchev–Trinajstić information content (AvgIpc) is 3.45. The quantitative estimate of drug-likeness (QED) is 0.596. The Morgan fingerprint density at radius 1 is 1.32 bits per heavy atom. The van der Waals surface area contributed by atoms with E-state index in [4.69, 9.17) is 4.74 Å². The highest BCUT2D eigenvalue weighted by atomic mass is 35.5. The van der Waals surface area contributed by atoms with E-state index < -0.39 is 11.4 Å². The number of pyridine rings is 1. The number of hydrogen-bond donors (Lipinski definition) is 2. The maximum Gasteiger partial charge on any atom is 0.341 e. The molecule has 0 amide bonds. The highest BCUT2D eigenvalue weighted by Crippen LogP contribution is 2.46. The third-order valence-electron chi connectivity index (χ3n) is 6.18. The number of halogens is 1. The van der Waals surface area contributed by atoms with Crippen molar-refractivity contribution in [2.75, 3.05) is 13.7 Å². The zero-order chi connectivity index (χ0) is 21.2. The molecule has 1 aliphatic carbocycles. The lowest BCUT2D eigenvalue weighted by Crippen LogP contribution is -2.37. The van der Waals surface area contributed by atoms with E-state index in [2.05, 4.69) is 25.2 Å². The summed E-state index contributed by atoms with van der Waals surface area (Å²) in [6.45, 7) is 6.27. The van der Waals surface area contributed by atoms with Crippen LogP contribution in [0, 0.1) is 0 Å². The van der Waals surface area contributed by atoms with Gasteiger partial charge in [0.25, 0.3) is 0 Å². The molecule has 1 saturated carbocycles. The molecule has 8 heteroatoms. The molecule has 164 valence electrons. The van der Waals surface area contributed by atoms with Crippen LogP contribution in [0.25, 0.3) is 21.3 Å². The van der Waals surface area contributed by atoms with Gasteiger partial charge in [0.2, 0.25) is 5.43 Å². The maximum atomic E-state index is 12.9. The lowest BCUT2D eigenvalue weighted by molar-refractivity contribution is 0.0695. The summed E-state index contributed by atoms with van der Waals surface area (Å²) in [4.78, 5) is 26.9.